The van der Waals surface area contributed by atoms with E-state index in [0.29, 0.717) is 0 Å². The smallest absolute Gasteiger partial charge is 0.260 e. The summed E-state index contributed by atoms with van der Waals surface area (Å²) in [4.78, 5) is 16.3. The topological polar surface area (TPSA) is 66.4 Å². The van der Waals surface area contributed by atoms with E-state index in [-0.39, 0.29) is 5.82 Å². The fourth-order valence-corrected chi connectivity index (χ4v) is 3.78. The maximum Gasteiger partial charge on any atom is 0.260 e. The molecule has 0 saturated heterocycles. The van der Waals surface area contributed by atoms with Crippen molar-refractivity contribution in [3.63, 3.8) is 0 Å². The highest BCUT2D eigenvalue weighted by Crippen LogP contribution is 2.49. The molecule has 1 saturated carbocycles. The molecule has 5 nitrogen and oxygen atoms in total. The van der Waals surface area contributed by atoms with Crippen LogP contribution >= 0.6 is 0 Å². The van der Waals surface area contributed by atoms with Gasteiger partial charge in [0.2, 0.25) is 5.91 Å². The summed E-state index contributed by atoms with van der Waals surface area (Å²) < 4.78 is 26.3. The highest BCUT2D eigenvalue weighted by Gasteiger charge is 2.61. The van der Waals surface area contributed by atoms with Crippen LogP contribution in [0.1, 0.15) is 51.2 Å². The summed E-state index contributed by atoms with van der Waals surface area (Å²) in [5.41, 5.74) is 9.72. The van der Waals surface area contributed by atoms with Crippen molar-refractivity contribution in [3.8, 4) is 0 Å². The predicted octanol–water partition coefficient (Wildman–Crippen LogP) is 6.13. The molecule has 0 bridgehead atoms. The van der Waals surface area contributed by atoms with Crippen molar-refractivity contribution in [1.29, 1.82) is 0 Å². The molecule has 2 aliphatic rings. The van der Waals surface area contributed by atoms with E-state index in [2.05, 4.69) is 59.5 Å². The Kier molecular flexibility index (Phi) is 7.97. The van der Waals surface area contributed by atoms with Gasteiger partial charge in [0.1, 0.15) is 11.7 Å². The summed E-state index contributed by atoms with van der Waals surface area (Å²) in [6, 6.07) is 1.70. The van der Waals surface area contributed by atoms with Gasteiger partial charge in [-0.3, -0.25) is 4.79 Å². The number of aryl methyl sites for hydroxylation is 1. The molecule has 0 radical (unpaired) electrons. The Balaban J connectivity index is 1.85. The van der Waals surface area contributed by atoms with Gasteiger partial charge in [0.15, 0.2) is 0 Å². The maximum absolute atomic E-state index is 13.2. The molecule has 0 aromatic carbocycles. The molecule has 34 heavy (non-hydrogen) atoms. The van der Waals surface area contributed by atoms with Gasteiger partial charge in [-0.15, -0.1) is 0 Å². The number of halogens is 2. The second-order valence-electron chi connectivity index (χ2n) is 8.61. The minimum atomic E-state index is -2.90. The second kappa shape index (κ2) is 10.7. The van der Waals surface area contributed by atoms with E-state index < -0.39 is 24.2 Å². The number of rotatable bonds is 9. The standard InChI is InChI=1S/C27H32F2N4O/c1-6-8-9-20(22(7-2)18(4)12-19(5)24-10-11-31-33-24)14-21-16-30-25(13-17(21)3)32-26(34)23-15-27(23,28)29/h7-9,12-14,16,23,31H,5-6,10-11,15H2,1-4H3,(H,30,32,34)/b9-8+,18-12-,20-14+,22-7+. The SMILES string of the molecule is C=C(\C=C(C)/C(=C\C)C(/C=C/CC)=C/c1cnc(NC(=O)C2CC2(F)F)cc1C)C1=NNCC1. The number of pyridine rings is 1. The lowest BCUT2D eigenvalue weighted by Gasteiger charge is -2.13. The van der Waals surface area contributed by atoms with E-state index in [1.54, 1.807) is 12.3 Å². The quantitative estimate of drug-likeness (QED) is 0.430. The van der Waals surface area contributed by atoms with Crippen LogP contribution in [0, 0.1) is 12.8 Å². The largest absolute Gasteiger partial charge is 0.310 e. The third-order valence-corrected chi connectivity index (χ3v) is 5.86. The van der Waals surface area contributed by atoms with E-state index >= 15 is 0 Å². The van der Waals surface area contributed by atoms with Crippen LogP contribution in [0.3, 0.4) is 0 Å². The van der Waals surface area contributed by atoms with Gasteiger partial charge in [-0.05, 0) is 72.8 Å². The molecule has 1 aromatic rings. The Bertz CT molecular complexity index is 1130. The minimum absolute atomic E-state index is 0.276. The number of anilines is 1. The lowest BCUT2D eigenvalue weighted by Crippen LogP contribution is -2.18. The van der Waals surface area contributed by atoms with Crippen LogP contribution in [0.2, 0.25) is 0 Å². The highest BCUT2D eigenvalue weighted by molar-refractivity contribution is 6.03. The molecule has 1 fully saturated rings. The number of aromatic nitrogens is 1. The highest BCUT2D eigenvalue weighted by atomic mass is 19.3. The monoisotopic (exact) mass is 466 g/mol. The first-order valence-electron chi connectivity index (χ1n) is 11.5. The molecule has 3 rings (SSSR count). The van der Waals surface area contributed by atoms with Crippen LogP contribution in [0.25, 0.3) is 6.08 Å². The zero-order valence-corrected chi connectivity index (χ0v) is 20.2. The van der Waals surface area contributed by atoms with Gasteiger partial charge in [0.25, 0.3) is 5.92 Å². The maximum atomic E-state index is 13.2. The van der Waals surface area contributed by atoms with Crippen molar-refractivity contribution in [3.05, 3.63) is 76.6 Å². The van der Waals surface area contributed by atoms with E-state index in [0.717, 1.165) is 58.5 Å². The Morgan fingerprint density at radius 3 is 2.71 bits per heavy atom. The first-order valence-corrected chi connectivity index (χ1v) is 11.5. The van der Waals surface area contributed by atoms with Crippen molar-refractivity contribution in [1.82, 2.24) is 10.4 Å². The first kappa shape index (κ1) is 25.3. The van der Waals surface area contributed by atoms with Gasteiger partial charge in [-0.25, -0.2) is 13.8 Å². The summed E-state index contributed by atoms with van der Waals surface area (Å²) in [6.45, 7) is 13.0. The van der Waals surface area contributed by atoms with Crippen molar-refractivity contribution < 1.29 is 13.6 Å². The number of nitrogens with one attached hydrogen (secondary N) is 2. The fraction of sp³-hybridized carbons (Fsp3) is 0.370. The third-order valence-electron chi connectivity index (χ3n) is 5.86. The van der Waals surface area contributed by atoms with Crippen molar-refractivity contribution in [2.75, 3.05) is 11.9 Å². The van der Waals surface area contributed by atoms with Crippen molar-refractivity contribution in [2.45, 2.75) is 52.9 Å². The van der Waals surface area contributed by atoms with Crippen molar-refractivity contribution >= 4 is 23.5 Å². The van der Waals surface area contributed by atoms with E-state index in [9.17, 15) is 13.6 Å². The lowest BCUT2D eigenvalue weighted by atomic mass is 9.93. The summed E-state index contributed by atoms with van der Waals surface area (Å²) in [7, 11) is 0. The van der Waals surface area contributed by atoms with Crippen LogP contribution in [-0.2, 0) is 4.79 Å². The van der Waals surface area contributed by atoms with E-state index in [1.165, 1.54) is 0 Å². The zero-order chi connectivity index (χ0) is 24.9. The van der Waals surface area contributed by atoms with Crippen LogP contribution < -0.4 is 10.7 Å². The normalized spacial score (nSPS) is 20.2. The molecular weight excluding hydrogens is 434 g/mol. The molecular formula is C27H32F2N4O. The molecule has 180 valence electrons. The van der Waals surface area contributed by atoms with Crippen molar-refractivity contribution in [2.24, 2.45) is 11.0 Å². The molecule has 1 aliphatic carbocycles. The van der Waals surface area contributed by atoms with Crippen LogP contribution in [0.5, 0.6) is 0 Å². The number of carbonyl (C=O) groups is 1. The number of allylic oxidation sites excluding steroid dienone is 8. The lowest BCUT2D eigenvalue weighted by molar-refractivity contribution is -0.119. The summed E-state index contributed by atoms with van der Waals surface area (Å²) >= 11 is 0. The molecule has 2 heterocycles. The average molecular weight is 467 g/mol. The Morgan fingerprint density at radius 2 is 2.15 bits per heavy atom. The molecule has 0 spiro atoms. The van der Waals surface area contributed by atoms with Gasteiger partial charge < -0.3 is 10.7 Å². The van der Waals surface area contributed by atoms with E-state index in [4.69, 9.17) is 0 Å². The number of hydrogen-bond donors (Lipinski definition) is 2. The molecule has 1 aliphatic heterocycles. The van der Waals surface area contributed by atoms with Gasteiger partial charge in [-0.1, -0.05) is 37.8 Å². The molecule has 1 amide bonds. The number of alkyl halides is 2. The predicted molar refractivity (Wildman–Crippen MR) is 135 cm³/mol. The molecule has 7 heteroatoms. The van der Waals surface area contributed by atoms with Crippen LogP contribution in [0.15, 0.2) is 70.5 Å². The zero-order valence-electron chi connectivity index (χ0n) is 20.2. The summed E-state index contributed by atoms with van der Waals surface area (Å²) in [5.74, 6) is -4.57. The van der Waals surface area contributed by atoms with Gasteiger partial charge in [-0.2, -0.15) is 5.10 Å². The number of carbonyl (C=O) groups excluding carboxylic acids is 1. The Morgan fingerprint density at radius 1 is 1.41 bits per heavy atom. The Hall–Kier alpha value is -3.35. The number of hydrogen-bond acceptors (Lipinski definition) is 4. The molecule has 1 unspecified atom stereocenters. The van der Waals surface area contributed by atoms with Crippen LogP contribution in [0.4, 0.5) is 14.6 Å². The van der Waals surface area contributed by atoms with Gasteiger partial charge >= 0.3 is 0 Å². The average Bonchev–Trinajstić information content (AvgIpc) is 3.16. The minimum Gasteiger partial charge on any atom is -0.310 e. The van der Waals surface area contributed by atoms with Gasteiger partial charge in [0, 0.05) is 25.6 Å². The fourth-order valence-electron chi connectivity index (χ4n) is 3.78. The Labute approximate surface area is 200 Å². The van der Waals surface area contributed by atoms with E-state index in [1.807, 2.05) is 26.0 Å². The molecule has 2 N–H and O–H groups in total. The molecule has 1 atom stereocenters. The second-order valence-corrected chi connectivity index (χ2v) is 8.61. The summed E-state index contributed by atoms with van der Waals surface area (Å²) in [6.07, 6.45) is 13.3. The number of nitrogens with zero attached hydrogens (tertiary/aromatic N) is 2. The number of amides is 1. The van der Waals surface area contributed by atoms with Gasteiger partial charge in [0.05, 0.1) is 5.71 Å². The first-order chi connectivity index (χ1) is 16.2. The summed E-state index contributed by atoms with van der Waals surface area (Å²) in [5, 5.41) is 6.80. The molecule has 1 aromatic heterocycles. The third kappa shape index (κ3) is 6.16. The number of hydrazone groups is 1. The van der Waals surface area contributed by atoms with Crippen LogP contribution in [-0.4, -0.2) is 29.1 Å².